The van der Waals surface area contributed by atoms with Crippen molar-refractivity contribution in [2.24, 2.45) is 0 Å². The van der Waals surface area contributed by atoms with E-state index in [0.717, 1.165) is 16.7 Å². The molecular weight excluding hydrogens is 450 g/mol. The van der Waals surface area contributed by atoms with Gasteiger partial charge in [-0.1, -0.05) is 65.7 Å². The Morgan fingerprint density at radius 2 is 1.71 bits per heavy atom. The van der Waals surface area contributed by atoms with Gasteiger partial charge in [0.05, 0.1) is 12.2 Å². The number of hydrogen-bond acceptors (Lipinski definition) is 4. The molecule has 1 aliphatic heterocycles. The molecule has 0 aromatic heterocycles. The molecule has 0 saturated heterocycles. The largest absolute Gasteiger partial charge is 0.396 e. The van der Waals surface area contributed by atoms with Crippen LogP contribution in [0.5, 0.6) is 0 Å². The smallest absolute Gasteiger partial charge is 0.257 e. The highest BCUT2D eigenvalue weighted by Crippen LogP contribution is 2.47. The molecule has 0 unspecified atom stereocenters. The summed E-state index contributed by atoms with van der Waals surface area (Å²) in [7, 11) is 0. The quantitative estimate of drug-likeness (QED) is 0.439. The van der Waals surface area contributed by atoms with Crippen LogP contribution in [0.4, 0.5) is 0 Å². The van der Waals surface area contributed by atoms with Gasteiger partial charge in [-0.15, -0.1) is 0 Å². The lowest BCUT2D eigenvalue weighted by Gasteiger charge is -2.39. The van der Waals surface area contributed by atoms with Crippen molar-refractivity contribution < 1.29 is 19.7 Å². The molecule has 0 fully saturated rings. The second kappa shape index (κ2) is 9.51. The van der Waals surface area contributed by atoms with Gasteiger partial charge in [0.1, 0.15) is 0 Å². The Balaban J connectivity index is 1.92. The van der Waals surface area contributed by atoms with Crippen LogP contribution < -0.4 is 0 Å². The monoisotopic (exact) mass is 479 g/mol. The van der Waals surface area contributed by atoms with Crippen molar-refractivity contribution in [3.8, 4) is 0 Å². The zero-order valence-corrected chi connectivity index (χ0v) is 20.5. The number of benzene rings is 3. The second-order valence-electron chi connectivity index (χ2n) is 9.27. The van der Waals surface area contributed by atoms with Crippen molar-refractivity contribution in [1.82, 2.24) is 4.90 Å². The Bertz CT molecular complexity index is 1170. The normalized spacial score (nSPS) is 17.8. The number of nitrogens with zero attached hydrogens (tertiary/aromatic N) is 1. The third-order valence-electron chi connectivity index (χ3n) is 6.26. The maximum Gasteiger partial charge on any atom is 0.257 e. The van der Waals surface area contributed by atoms with Gasteiger partial charge in [-0.05, 0) is 56.5 Å². The van der Waals surface area contributed by atoms with E-state index in [1.54, 1.807) is 36.9 Å². The minimum absolute atomic E-state index is 0.0207. The molecule has 1 atom stereocenters. The summed E-state index contributed by atoms with van der Waals surface area (Å²) < 4.78 is 6.53. The third kappa shape index (κ3) is 4.49. The molecule has 6 heteroatoms. The molecule has 34 heavy (non-hydrogen) atoms. The number of aryl methyl sites for hydroxylation is 1. The average molecular weight is 480 g/mol. The van der Waals surface area contributed by atoms with E-state index in [2.05, 4.69) is 0 Å². The van der Waals surface area contributed by atoms with Crippen LogP contribution in [0.25, 0.3) is 0 Å². The van der Waals surface area contributed by atoms with E-state index in [1.807, 2.05) is 55.5 Å². The first-order valence-corrected chi connectivity index (χ1v) is 11.8. The Kier molecular flexibility index (Phi) is 6.83. The number of carbonyl (C=O) groups is 1. The molecule has 3 aromatic carbocycles. The summed E-state index contributed by atoms with van der Waals surface area (Å²) in [5, 5.41) is 20.6. The molecule has 178 valence electrons. The SMILES string of the molecule is Cc1ccc(CN2C(=O)c3cc(C(C)(C)O)ccc3[C@]2(OCCCO)c2ccc(Cl)cc2)cc1. The molecule has 5 nitrogen and oxygen atoms in total. The molecular formula is C28H30ClNO4. The Morgan fingerprint density at radius 1 is 1.03 bits per heavy atom. The summed E-state index contributed by atoms with van der Waals surface area (Å²) in [4.78, 5) is 15.7. The van der Waals surface area contributed by atoms with Gasteiger partial charge < -0.3 is 14.9 Å². The first-order chi connectivity index (χ1) is 16.2. The highest BCUT2D eigenvalue weighted by molar-refractivity contribution is 6.30. The maximum atomic E-state index is 13.9. The molecule has 0 aliphatic carbocycles. The van der Waals surface area contributed by atoms with Crippen LogP contribution in [0.3, 0.4) is 0 Å². The number of aliphatic hydroxyl groups excluding tert-OH is 1. The van der Waals surface area contributed by atoms with Crippen LogP contribution in [0.1, 0.15) is 58.4 Å². The van der Waals surface area contributed by atoms with Gasteiger partial charge in [0.25, 0.3) is 5.91 Å². The highest BCUT2D eigenvalue weighted by Gasteiger charge is 2.52. The average Bonchev–Trinajstić information content (AvgIpc) is 3.03. The van der Waals surface area contributed by atoms with Gasteiger partial charge in [-0.3, -0.25) is 9.69 Å². The first kappa shape index (κ1) is 24.4. The lowest BCUT2D eigenvalue weighted by Crippen LogP contribution is -2.46. The zero-order valence-electron chi connectivity index (χ0n) is 19.7. The summed E-state index contributed by atoms with van der Waals surface area (Å²) in [5.41, 5.74) is 2.43. The Hall–Kier alpha value is -2.70. The fraction of sp³-hybridized carbons (Fsp3) is 0.321. The van der Waals surface area contributed by atoms with Gasteiger partial charge in [0, 0.05) is 34.9 Å². The summed E-state index contributed by atoms with van der Waals surface area (Å²) in [5.74, 6) is -0.180. The van der Waals surface area contributed by atoms with E-state index in [9.17, 15) is 15.0 Å². The van der Waals surface area contributed by atoms with Crippen LogP contribution in [-0.2, 0) is 22.6 Å². The van der Waals surface area contributed by atoms with Crippen molar-refractivity contribution >= 4 is 17.5 Å². The molecule has 4 rings (SSSR count). The molecule has 0 saturated carbocycles. The van der Waals surface area contributed by atoms with E-state index in [-0.39, 0.29) is 19.1 Å². The summed E-state index contributed by atoms with van der Waals surface area (Å²) >= 11 is 6.19. The number of aliphatic hydroxyl groups is 2. The van der Waals surface area contributed by atoms with E-state index >= 15 is 0 Å². The summed E-state index contributed by atoms with van der Waals surface area (Å²) in [6.07, 6.45) is 0.430. The van der Waals surface area contributed by atoms with E-state index in [4.69, 9.17) is 16.3 Å². The molecule has 1 heterocycles. The number of ether oxygens (including phenoxy) is 1. The lowest BCUT2D eigenvalue weighted by atomic mass is 9.89. The van der Waals surface area contributed by atoms with Gasteiger partial charge >= 0.3 is 0 Å². The van der Waals surface area contributed by atoms with Crippen molar-refractivity contribution in [2.75, 3.05) is 13.2 Å². The number of carbonyl (C=O) groups excluding carboxylic acids is 1. The standard InChI is InChI=1S/C28H30ClNO4/c1-19-5-7-20(8-6-19)18-30-26(32)24-17-22(27(2,3)33)11-14-25(24)28(30,34-16-4-15-31)21-9-12-23(29)13-10-21/h5-14,17,31,33H,4,15-16,18H2,1-3H3/t28-/m1/s1. The predicted octanol–water partition coefficient (Wildman–Crippen LogP) is 5.13. The summed E-state index contributed by atoms with van der Waals surface area (Å²) in [6.45, 7) is 5.98. The molecule has 3 aromatic rings. The molecule has 1 aliphatic rings. The van der Waals surface area contributed by atoms with Gasteiger partial charge in [0.2, 0.25) is 0 Å². The number of hydrogen-bond donors (Lipinski definition) is 2. The maximum absolute atomic E-state index is 13.9. The van der Waals surface area contributed by atoms with E-state index in [0.29, 0.717) is 34.7 Å². The topological polar surface area (TPSA) is 70.0 Å². The predicted molar refractivity (Wildman–Crippen MR) is 133 cm³/mol. The Labute approximate surface area is 205 Å². The van der Waals surface area contributed by atoms with Crippen LogP contribution >= 0.6 is 11.6 Å². The molecule has 0 spiro atoms. The zero-order chi connectivity index (χ0) is 24.5. The third-order valence-corrected chi connectivity index (χ3v) is 6.51. The Morgan fingerprint density at radius 3 is 2.32 bits per heavy atom. The lowest BCUT2D eigenvalue weighted by molar-refractivity contribution is -0.113. The van der Waals surface area contributed by atoms with Crippen LogP contribution in [-0.4, -0.2) is 34.2 Å². The molecule has 0 bridgehead atoms. The molecule has 2 N–H and O–H groups in total. The van der Waals surface area contributed by atoms with Gasteiger partial charge in [0.15, 0.2) is 5.72 Å². The second-order valence-corrected chi connectivity index (χ2v) is 9.71. The first-order valence-electron chi connectivity index (χ1n) is 11.4. The number of rotatable bonds is 8. The fourth-order valence-electron chi connectivity index (χ4n) is 4.40. The minimum atomic E-state index is -1.20. The van der Waals surface area contributed by atoms with Crippen LogP contribution in [0.15, 0.2) is 66.7 Å². The highest BCUT2D eigenvalue weighted by atomic mass is 35.5. The fourth-order valence-corrected chi connectivity index (χ4v) is 4.53. The van der Waals surface area contributed by atoms with E-state index < -0.39 is 11.3 Å². The molecule has 1 amide bonds. The van der Waals surface area contributed by atoms with Crippen molar-refractivity contribution in [1.29, 1.82) is 0 Å². The summed E-state index contributed by atoms with van der Waals surface area (Å²) in [6, 6.07) is 20.8. The number of fused-ring (bicyclic) bond motifs is 1. The van der Waals surface area contributed by atoms with Crippen molar-refractivity contribution in [2.45, 2.75) is 45.1 Å². The number of halogens is 1. The van der Waals surface area contributed by atoms with Crippen molar-refractivity contribution in [3.63, 3.8) is 0 Å². The van der Waals surface area contributed by atoms with Gasteiger partial charge in [-0.25, -0.2) is 0 Å². The molecule has 0 radical (unpaired) electrons. The van der Waals surface area contributed by atoms with Gasteiger partial charge in [-0.2, -0.15) is 0 Å². The van der Waals surface area contributed by atoms with Crippen molar-refractivity contribution in [3.05, 3.63) is 105 Å². The minimum Gasteiger partial charge on any atom is -0.396 e. The van der Waals surface area contributed by atoms with E-state index in [1.165, 1.54) is 0 Å². The van der Waals surface area contributed by atoms with Crippen LogP contribution in [0, 0.1) is 6.92 Å². The number of amides is 1. The van der Waals surface area contributed by atoms with Crippen LogP contribution in [0.2, 0.25) is 5.02 Å².